The number of nitrogens with zero attached hydrogens (tertiary/aromatic N) is 1. The van der Waals surface area contributed by atoms with Crippen molar-refractivity contribution in [2.45, 2.75) is 32.7 Å². The summed E-state index contributed by atoms with van der Waals surface area (Å²) in [5.41, 5.74) is 0. The molecule has 0 aromatic heterocycles. The summed E-state index contributed by atoms with van der Waals surface area (Å²) in [7, 11) is 2.19. The Kier molecular flexibility index (Phi) is 4.02. The molecule has 1 fully saturated rings. The molecule has 0 amide bonds. The van der Waals surface area contributed by atoms with Gasteiger partial charge in [0.1, 0.15) is 0 Å². The van der Waals surface area contributed by atoms with Crippen LogP contribution in [0.5, 0.6) is 0 Å². The Balaban J connectivity index is 2.01. The Morgan fingerprint density at radius 2 is 1.92 bits per heavy atom. The van der Waals surface area contributed by atoms with Crippen LogP contribution in [0.2, 0.25) is 0 Å². The molecule has 1 heterocycles. The third kappa shape index (κ3) is 2.76. The van der Waals surface area contributed by atoms with Crippen molar-refractivity contribution in [1.82, 2.24) is 10.2 Å². The van der Waals surface area contributed by atoms with Crippen molar-refractivity contribution in [1.29, 1.82) is 0 Å². The van der Waals surface area contributed by atoms with Crippen molar-refractivity contribution in [2.24, 2.45) is 5.92 Å². The molecule has 0 unspecified atom stereocenters. The van der Waals surface area contributed by atoms with E-state index in [-0.39, 0.29) is 0 Å². The van der Waals surface area contributed by atoms with Crippen LogP contribution in [-0.2, 0) is 0 Å². The Hall–Kier alpha value is -0.0800. The van der Waals surface area contributed by atoms with Crippen LogP contribution in [0, 0.1) is 5.92 Å². The molecule has 1 N–H and O–H groups in total. The van der Waals surface area contributed by atoms with Crippen LogP contribution >= 0.6 is 0 Å². The molecule has 1 saturated heterocycles. The Morgan fingerprint density at radius 1 is 1.33 bits per heavy atom. The highest BCUT2D eigenvalue weighted by Gasteiger charge is 2.22. The van der Waals surface area contributed by atoms with Gasteiger partial charge in [0, 0.05) is 25.7 Å². The van der Waals surface area contributed by atoms with Gasteiger partial charge in [-0.3, -0.25) is 0 Å². The molecule has 12 heavy (non-hydrogen) atoms. The summed E-state index contributed by atoms with van der Waals surface area (Å²) in [6.07, 6.45) is 2.53. The summed E-state index contributed by atoms with van der Waals surface area (Å²) in [4.78, 5) is 2.37. The average Bonchev–Trinajstić information content (AvgIpc) is 2.03. The molecule has 0 spiro atoms. The van der Waals surface area contributed by atoms with Crippen LogP contribution in [0.15, 0.2) is 0 Å². The first-order valence-corrected chi connectivity index (χ1v) is 5.18. The zero-order valence-corrected chi connectivity index (χ0v) is 8.64. The lowest BCUT2D eigenvalue weighted by molar-refractivity contribution is 0.129. The van der Waals surface area contributed by atoms with E-state index in [2.05, 4.69) is 31.1 Å². The molecule has 0 saturated carbocycles. The zero-order valence-electron chi connectivity index (χ0n) is 8.64. The zero-order chi connectivity index (χ0) is 8.97. The van der Waals surface area contributed by atoms with Crippen LogP contribution < -0.4 is 5.32 Å². The van der Waals surface area contributed by atoms with Gasteiger partial charge < -0.3 is 10.2 Å². The normalized spacial score (nSPS) is 20.0. The van der Waals surface area contributed by atoms with Gasteiger partial charge in [-0.25, -0.2) is 0 Å². The molecule has 1 aliphatic heterocycles. The third-order valence-corrected chi connectivity index (χ3v) is 2.82. The van der Waals surface area contributed by atoms with Crippen LogP contribution in [-0.4, -0.2) is 37.6 Å². The van der Waals surface area contributed by atoms with Crippen molar-refractivity contribution in [3.05, 3.63) is 0 Å². The maximum Gasteiger partial charge on any atom is 0.00619 e. The van der Waals surface area contributed by atoms with E-state index < -0.39 is 0 Å². The molecular formula is C10H22N2. The molecule has 0 radical (unpaired) electrons. The highest BCUT2D eigenvalue weighted by molar-refractivity contribution is 4.79. The minimum absolute atomic E-state index is 0.746. The highest BCUT2D eigenvalue weighted by Crippen LogP contribution is 2.11. The predicted molar refractivity (Wildman–Crippen MR) is 53.4 cm³/mol. The predicted octanol–water partition coefficient (Wildman–Crippen LogP) is 1.33. The first kappa shape index (κ1) is 10.0. The molecule has 2 heteroatoms. The second-order valence-electron chi connectivity index (χ2n) is 4.01. The minimum atomic E-state index is 0.746. The third-order valence-electron chi connectivity index (χ3n) is 2.82. The molecule has 0 bridgehead atoms. The van der Waals surface area contributed by atoms with E-state index in [9.17, 15) is 0 Å². The van der Waals surface area contributed by atoms with Crippen molar-refractivity contribution >= 4 is 0 Å². The van der Waals surface area contributed by atoms with Crippen LogP contribution in [0.4, 0.5) is 0 Å². The minimum Gasteiger partial charge on any atom is -0.314 e. The van der Waals surface area contributed by atoms with E-state index in [1.807, 2.05) is 0 Å². The number of rotatable bonds is 5. The Morgan fingerprint density at radius 3 is 2.33 bits per heavy atom. The van der Waals surface area contributed by atoms with Crippen LogP contribution in [0.3, 0.4) is 0 Å². The molecule has 0 aromatic carbocycles. The van der Waals surface area contributed by atoms with Crippen molar-refractivity contribution in [2.75, 3.05) is 26.7 Å². The molecule has 2 nitrogen and oxygen atoms in total. The van der Waals surface area contributed by atoms with E-state index in [4.69, 9.17) is 0 Å². The number of likely N-dealkylation sites (tertiary alicyclic amines) is 1. The van der Waals surface area contributed by atoms with E-state index in [1.165, 1.54) is 32.5 Å². The van der Waals surface area contributed by atoms with Crippen LogP contribution in [0.25, 0.3) is 0 Å². The molecular weight excluding hydrogens is 148 g/mol. The largest absolute Gasteiger partial charge is 0.314 e. The fourth-order valence-electron chi connectivity index (χ4n) is 1.87. The van der Waals surface area contributed by atoms with Gasteiger partial charge in [0.05, 0.1) is 0 Å². The van der Waals surface area contributed by atoms with Gasteiger partial charge in [0.25, 0.3) is 0 Å². The molecule has 0 atom stereocenters. The van der Waals surface area contributed by atoms with Crippen LogP contribution in [0.1, 0.15) is 26.7 Å². The van der Waals surface area contributed by atoms with E-state index in [1.54, 1.807) is 0 Å². The summed E-state index contributed by atoms with van der Waals surface area (Å²) in [5.74, 6) is 0.913. The van der Waals surface area contributed by atoms with Gasteiger partial charge in [-0.05, 0) is 25.8 Å². The molecule has 72 valence electrons. The Bertz CT molecular complexity index is 115. The van der Waals surface area contributed by atoms with Crippen molar-refractivity contribution < 1.29 is 0 Å². The first-order valence-electron chi connectivity index (χ1n) is 5.18. The van der Waals surface area contributed by atoms with Gasteiger partial charge in [-0.2, -0.15) is 0 Å². The van der Waals surface area contributed by atoms with Gasteiger partial charge >= 0.3 is 0 Å². The quantitative estimate of drug-likeness (QED) is 0.669. The van der Waals surface area contributed by atoms with Gasteiger partial charge in [-0.15, -0.1) is 0 Å². The fourth-order valence-corrected chi connectivity index (χ4v) is 1.87. The smallest absolute Gasteiger partial charge is 0.00619 e. The monoisotopic (exact) mass is 170 g/mol. The number of nitrogens with one attached hydrogen (secondary N) is 1. The lowest BCUT2D eigenvalue weighted by atomic mass is 10.0. The summed E-state index contributed by atoms with van der Waals surface area (Å²) >= 11 is 0. The fraction of sp³-hybridized carbons (Fsp3) is 1.00. The summed E-state index contributed by atoms with van der Waals surface area (Å²) in [6.45, 7) is 8.30. The number of hydrogen-bond donors (Lipinski definition) is 1. The van der Waals surface area contributed by atoms with E-state index in [0.717, 1.165) is 12.0 Å². The lowest BCUT2D eigenvalue weighted by Gasteiger charge is -2.37. The van der Waals surface area contributed by atoms with Gasteiger partial charge in [0.2, 0.25) is 0 Å². The first-order chi connectivity index (χ1) is 5.76. The van der Waals surface area contributed by atoms with Gasteiger partial charge in [0.15, 0.2) is 0 Å². The molecule has 0 aliphatic carbocycles. The van der Waals surface area contributed by atoms with E-state index in [0.29, 0.717) is 0 Å². The SMILES string of the molecule is CCC(CC)NCC1CN(C)C1. The van der Waals surface area contributed by atoms with E-state index >= 15 is 0 Å². The molecule has 1 rings (SSSR count). The molecule has 1 aliphatic rings. The second-order valence-corrected chi connectivity index (χ2v) is 4.01. The maximum absolute atomic E-state index is 3.61. The average molecular weight is 170 g/mol. The topological polar surface area (TPSA) is 15.3 Å². The Labute approximate surface area is 76.3 Å². The van der Waals surface area contributed by atoms with Gasteiger partial charge in [-0.1, -0.05) is 13.8 Å². The molecule has 0 aromatic rings. The highest BCUT2D eigenvalue weighted by atomic mass is 15.2. The van der Waals surface area contributed by atoms with Crippen molar-refractivity contribution in [3.63, 3.8) is 0 Å². The standard InChI is InChI=1S/C10H22N2/c1-4-10(5-2)11-6-9-7-12(3)8-9/h9-11H,4-8H2,1-3H3. The lowest BCUT2D eigenvalue weighted by Crippen LogP contribution is -2.49. The summed E-state index contributed by atoms with van der Waals surface area (Å²) in [5, 5.41) is 3.61. The van der Waals surface area contributed by atoms with Crippen molar-refractivity contribution in [3.8, 4) is 0 Å². The number of hydrogen-bond acceptors (Lipinski definition) is 2. The summed E-state index contributed by atoms with van der Waals surface area (Å²) in [6, 6.07) is 0.746. The summed E-state index contributed by atoms with van der Waals surface area (Å²) < 4.78 is 0. The second kappa shape index (κ2) is 4.83. The maximum atomic E-state index is 3.61.